The number of rotatable bonds is 2. The lowest BCUT2D eigenvalue weighted by Gasteiger charge is -2.48. The average molecular weight is 224 g/mol. The highest BCUT2D eigenvalue weighted by atomic mass is 16.5. The molecule has 0 bridgehead atoms. The van der Waals surface area contributed by atoms with Crippen LogP contribution < -0.4 is 0 Å². The molecule has 1 saturated heterocycles. The zero-order valence-electron chi connectivity index (χ0n) is 10.4. The first kappa shape index (κ1) is 11.9. The van der Waals surface area contributed by atoms with Gasteiger partial charge in [0.15, 0.2) is 0 Å². The van der Waals surface area contributed by atoms with Gasteiger partial charge in [0.1, 0.15) is 0 Å². The van der Waals surface area contributed by atoms with Gasteiger partial charge in [-0.3, -0.25) is 6.08 Å². The monoisotopic (exact) mass is 224 g/mol. The molecule has 0 aromatic rings. The van der Waals surface area contributed by atoms with E-state index in [2.05, 4.69) is 31.0 Å². The molecule has 16 heavy (non-hydrogen) atoms. The van der Waals surface area contributed by atoms with Crippen molar-refractivity contribution in [3.8, 4) is 0 Å². The quantitative estimate of drug-likeness (QED) is 0.723. The smallest absolute Gasteiger partial charge is 0.0976 e. The third-order valence-corrected chi connectivity index (χ3v) is 3.65. The van der Waals surface area contributed by atoms with Gasteiger partial charge in [-0.25, -0.2) is 0 Å². The van der Waals surface area contributed by atoms with E-state index < -0.39 is 6.10 Å². The molecular weight excluding hydrogens is 202 g/mol. The van der Waals surface area contributed by atoms with Crippen LogP contribution in [0.2, 0.25) is 0 Å². The van der Waals surface area contributed by atoms with Crippen LogP contribution in [0.25, 0.3) is 0 Å². The fourth-order valence-corrected chi connectivity index (χ4v) is 2.55. The van der Waals surface area contributed by atoms with Gasteiger partial charge in [-0.05, 0) is 25.8 Å². The lowest BCUT2D eigenvalue weighted by atomic mass is 9.90. The predicted octanol–water partition coefficient (Wildman–Crippen LogP) is 1.57. The highest BCUT2D eigenvalue weighted by Crippen LogP contribution is 2.29. The van der Waals surface area contributed by atoms with E-state index in [1.807, 2.05) is 6.92 Å². The molecule has 92 valence electrons. The zero-order valence-corrected chi connectivity index (χ0v) is 10.4. The number of hydrogen-bond donors (Lipinski definition) is 1. The largest absolute Gasteiger partial charge is 0.550 e. The maximum atomic E-state index is 10.2. The third kappa shape index (κ3) is 2.25. The van der Waals surface area contributed by atoms with Gasteiger partial charge in [-0.2, -0.15) is 0 Å². The maximum Gasteiger partial charge on any atom is 0.0976 e. The van der Waals surface area contributed by atoms with Crippen LogP contribution in [0.5, 0.6) is 0 Å². The van der Waals surface area contributed by atoms with Gasteiger partial charge in [0.25, 0.3) is 0 Å². The Morgan fingerprint density at radius 3 is 2.81 bits per heavy atom. The molecule has 3 heteroatoms. The summed E-state index contributed by atoms with van der Waals surface area (Å²) in [5.41, 5.74) is 0. The second-order valence-electron chi connectivity index (χ2n) is 5.23. The number of ether oxygens (including phenoxy) is 1. The summed E-state index contributed by atoms with van der Waals surface area (Å²) >= 11 is 0. The maximum absolute atomic E-state index is 10.2. The molecule has 2 aliphatic rings. The van der Waals surface area contributed by atoms with Crippen LogP contribution in [0.1, 0.15) is 33.6 Å². The summed E-state index contributed by atoms with van der Waals surface area (Å²) < 4.78 is 5.84. The van der Waals surface area contributed by atoms with Crippen molar-refractivity contribution in [3.63, 3.8) is 0 Å². The molecule has 1 N–H and O–H groups in total. The van der Waals surface area contributed by atoms with Crippen LogP contribution in [0.4, 0.5) is 0 Å². The van der Waals surface area contributed by atoms with Crippen molar-refractivity contribution in [2.45, 2.75) is 58.0 Å². The molecule has 0 spiro atoms. The van der Waals surface area contributed by atoms with Crippen LogP contribution in [0.3, 0.4) is 0 Å². The average Bonchev–Trinajstić information content (AvgIpc) is 2.74. The SMILES string of the molecule is CC(C)C1CC(N2[C-]=CCC2)C(O)C(C)O1. The minimum atomic E-state index is -0.394. The summed E-state index contributed by atoms with van der Waals surface area (Å²) in [7, 11) is 0. The van der Waals surface area contributed by atoms with Crippen LogP contribution in [0.15, 0.2) is 6.08 Å². The Kier molecular flexibility index (Phi) is 3.55. The van der Waals surface area contributed by atoms with E-state index in [0.717, 1.165) is 19.4 Å². The van der Waals surface area contributed by atoms with Crippen LogP contribution in [-0.2, 0) is 4.74 Å². The van der Waals surface area contributed by atoms with Gasteiger partial charge in [-0.15, -0.1) is 0 Å². The molecule has 1 fully saturated rings. The van der Waals surface area contributed by atoms with Gasteiger partial charge in [0.2, 0.25) is 0 Å². The number of aliphatic hydroxyl groups excluding tert-OH is 1. The Balaban J connectivity index is 2.06. The number of nitrogens with zero attached hydrogens (tertiary/aromatic N) is 1. The Bertz CT molecular complexity index is 265. The minimum Gasteiger partial charge on any atom is -0.550 e. The van der Waals surface area contributed by atoms with E-state index in [4.69, 9.17) is 4.74 Å². The van der Waals surface area contributed by atoms with E-state index in [1.54, 1.807) is 0 Å². The topological polar surface area (TPSA) is 32.7 Å². The lowest BCUT2D eigenvalue weighted by Crippen LogP contribution is -2.54. The second-order valence-corrected chi connectivity index (χ2v) is 5.23. The molecule has 0 saturated carbocycles. The highest BCUT2D eigenvalue weighted by molar-refractivity contribution is 4.96. The van der Waals surface area contributed by atoms with Gasteiger partial charge in [-0.1, -0.05) is 20.3 Å². The van der Waals surface area contributed by atoms with Crippen molar-refractivity contribution in [1.29, 1.82) is 0 Å². The van der Waals surface area contributed by atoms with E-state index in [0.29, 0.717) is 5.92 Å². The molecule has 0 aliphatic carbocycles. The zero-order chi connectivity index (χ0) is 11.7. The molecule has 4 atom stereocenters. The molecule has 0 radical (unpaired) electrons. The van der Waals surface area contributed by atoms with Crippen molar-refractivity contribution in [2.75, 3.05) is 6.54 Å². The van der Waals surface area contributed by atoms with Crippen LogP contribution in [-0.4, -0.2) is 40.9 Å². The first-order valence-electron chi connectivity index (χ1n) is 6.27. The summed E-state index contributed by atoms with van der Waals surface area (Å²) in [4.78, 5) is 2.15. The lowest BCUT2D eigenvalue weighted by molar-refractivity contribution is -0.152. The number of hydrogen-bond acceptors (Lipinski definition) is 3. The highest BCUT2D eigenvalue weighted by Gasteiger charge is 2.36. The van der Waals surface area contributed by atoms with E-state index in [1.165, 1.54) is 0 Å². The van der Waals surface area contributed by atoms with E-state index in [9.17, 15) is 5.11 Å². The van der Waals surface area contributed by atoms with E-state index >= 15 is 0 Å². The van der Waals surface area contributed by atoms with Crippen molar-refractivity contribution in [2.24, 2.45) is 5.92 Å². The summed E-state index contributed by atoms with van der Waals surface area (Å²) in [5.74, 6) is 0.504. The van der Waals surface area contributed by atoms with Crippen molar-refractivity contribution in [1.82, 2.24) is 4.90 Å². The van der Waals surface area contributed by atoms with Gasteiger partial charge < -0.3 is 20.9 Å². The Labute approximate surface area is 98.1 Å². The number of aliphatic hydroxyl groups is 1. The van der Waals surface area contributed by atoms with Gasteiger partial charge in [0.05, 0.1) is 18.3 Å². The fraction of sp³-hybridized carbons (Fsp3) is 0.846. The summed E-state index contributed by atoms with van der Waals surface area (Å²) in [6, 6.07) is 0.176. The van der Waals surface area contributed by atoms with Gasteiger partial charge in [0, 0.05) is 6.04 Å². The summed E-state index contributed by atoms with van der Waals surface area (Å²) in [5, 5.41) is 10.2. The van der Waals surface area contributed by atoms with Crippen molar-refractivity contribution >= 4 is 0 Å². The molecule has 0 aromatic carbocycles. The molecule has 3 nitrogen and oxygen atoms in total. The van der Waals surface area contributed by atoms with E-state index in [-0.39, 0.29) is 18.2 Å². The standard InChI is InChI=1S/C13H22NO2/c1-9(2)12-8-11(13(15)10(3)16-12)14-6-4-5-7-14/h4,9-13,15H,5,7-8H2,1-3H3/q-1. The minimum absolute atomic E-state index is 0.0754. The fourth-order valence-electron chi connectivity index (χ4n) is 2.55. The summed E-state index contributed by atoms with van der Waals surface area (Å²) in [6.45, 7) is 7.30. The van der Waals surface area contributed by atoms with Crippen LogP contribution in [0, 0.1) is 12.1 Å². The molecule has 0 aromatic heterocycles. The van der Waals surface area contributed by atoms with Gasteiger partial charge >= 0.3 is 0 Å². The molecule has 2 aliphatic heterocycles. The molecule has 4 unspecified atom stereocenters. The Hall–Kier alpha value is -0.540. The molecular formula is C13H22NO2-. The Morgan fingerprint density at radius 1 is 1.50 bits per heavy atom. The normalized spacial score (nSPS) is 39.7. The van der Waals surface area contributed by atoms with Crippen LogP contribution >= 0.6 is 0 Å². The Morgan fingerprint density at radius 2 is 2.25 bits per heavy atom. The first-order valence-corrected chi connectivity index (χ1v) is 6.27. The first-order chi connectivity index (χ1) is 7.59. The van der Waals surface area contributed by atoms with Crippen molar-refractivity contribution in [3.05, 3.63) is 12.3 Å². The molecule has 2 heterocycles. The third-order valence-electron chi connectivity index (χ3n) is 3.65. The molecule has 2 rings (SSSR count). The predicted molar refractivity (Wildman–Crippen MR) is 62.7 cm³/mol. The summed E-state index contributed by atoms with van der Waals surface area (Å²) in [6.07, 6.45) is 7.02. The molecule has 0 amide bonds. The van der Waals surface area contributed by atoms with Crippen molar-refractivity contribution < 1.29 is 9.84 Å². The second kappa shape index (κ2) is 4.76.